The Balaban J connectivity index is 1.67. The van der Waals surface area contributed by atoms with Gasteiger partial charge in [-0.1, -0.05) is 69.5 Å². The van der Waals surface area contributed by atoms with Crippen LogP contribution in [0.15, 0.2) is 47.7 Å². The number of aryl methyl sites for hydroxylation is 1. The fourth-order valence-electron chi connectivity index (χ4n) is 5.89. The SMILES string of the molecule is C=C1C2=C(NC(NC3CCCCC3)C2Cc2ccc(C)cc2)C(CC)C(=O)C1CC. The molecule has 30 heavy (non-hydrogen) atoms. The van der Waals surface area contributed by atoms with Crippen molar-refractivity contribution in [1.29, 1.82) is 0 Å². The maximum absolute atomic E-state index is 13.2. The molecule has 0 saturated heterocycles. The molecule has 3 aliphatic rings. The van der Waals surface area contributed by atoms with Crippen LogP contribution in [0.1, 0.15) is 69.9 Å². The predicted octanol–water partition coefficient (Wildman–Crippen LogP) is 5.45. The van der Waals surface area contributed by atoms with E-state index in [2.05, 4.69) is 62.2 Å². The lowest BCUT2D eigenvalue weighted by Crippen LogP contribution is -2.49. The van der Waals surface area contributed by atoms with Gasteiger partial charge >= 0.3 is 0 Å². The molecule has 1 aliphatic heterocycles. The average molecular weight is 407 g/mol. The number of carbonyl (C=O) groups is 1. The largest absolute Gasteiger partial charge is 0.372 e. The summed E-state index contributed by atoms with van der Waals surface area (Å²) in [7, 11) is 0. The van der Waals surface area contributed by atoms with Crippen molar-refractivity contribution in [2.75, 3.05) is 0 Å². The van der Waals surface area contributed by atoms with E-state index in [1.165, 1.54) is 54.5 Å². The normalized spacial score (nSPS) is 29.8. The van der Waals surface area contributed by atoms with Crippen molar-refractivity contribution in [2.45, 2.75) is 84.3 Å². The zero-order valence-corrected chi connectivity index (χ0v) is 19.0. The second-order valence-electron chi connectivity index (χ2n) is 9.60. The summed E-state index contributed by atoms with van der Waals surface area (Å²) in [6.07, 6.45) is 9.40. The lowest BCUT2D eigenvalue weighted by atomic mass is 9.71. The van der Waals surface area contributed by atoms with E-state index in [4.69, 9.17) is 0 Å². The number of hydrogen-bond donors (Lipinski definition) is 2. The van der Waals surface area contributed by atoms with E-state index < -0.39 is 0 Å². The third-order valence-corrected chi connectivity index (χ3v) is 7.59. The Kier molecular flexibility index (Phi) is 6.48. The molecule has 2 aliphatic carbocycles. The number of benzene rings is 1. The molecule has 1 fully saturated rings. The van der Waals surface area contributed by atoms with Gasteiger partial charge in [-0.15, -0.1) is 0 Å². The third-order valence-electron chi connectivity index (χ3n) is 7.59. The molecule has 0 radical (unpaired) electrons. The van der Waals surface area contributed by atoms with Crippen molar-refractivity contribution < 1.29 is 4.79 Å². The maximum Gasteiger partial charge on any atom is 0.149 e. The highest BCUT2D eigenvalue weighted by atomic mass is 16.1. The van der Waals surface area contributed by atoms with Gasteiger partial charge in [0.25, 0.3) is 0 Å². The molecular weight excluding hydrogens is 368 g/mol. The Morgan fingerprint density at radius 1 is 1.03 bits per heavy atom. The van der Waals surface area contributed by atoms with E-state index in [-0.39, 0.29) is 18.0 Å². The minimum atomic E-state index is -0.0237. The fourth-order valence-corrected chi connectivity index (χ4v) is 5.89. The first-order valence-electron chi connectivity index (χ1n) is 12.1. The highest BCUT2D eigenvalue weighted by Gasteiger charge is 2.46. The van der Waals surface area contributed by atoms with Crippen molar-refractivity contribution >= 4 is 5.78 Å². The van der Waals surface area contributed by atoms with E-state index in [1.54, 1.807) is 0 Å². The summed E-state index contributed by atoms with van der Waals surface area (Å²) < 4.78 is 0. The summed E-state index contributed by atoms with van der Waals surface area (Å²) in [5.74, 6) is 0.663. The first kappa shape index (κ1) is 21.4. The number of hydrogen-bond acceptors (Lipinski definition) is 3. The third kappa shape index (κ3) is 4.01. The van der Waals surface area contributed by atoms with Crippen molar-refractivity contribution in [3.63, 3.8) is 0 Å². The van der Waals surface area contributed by atoms with Gasteiger partial charge in [0.15, 0.2) is 0 Å². The second kappa shape index (κ2) is 9.09. The Bertz CT molecular complexity index is 816. The summed E-state index contributed by atoms with van der Waals surface area (Å²) in [4.78, 5) is 13.2. The molecule has 3 nitrogen and oxygen atoms in total. The van der Waals surface area contributed by atoms with E-state index in [9.17, 15) is 4.79 Å². The second-order valence-corrected chi connectivity index (χ2v) is 9.60. The molecule has 4 atom stereocenters. The summed E-state index contributed by atoms with van der Waals surface area (Å²) in [5, 5.41) is 7.78. The quantitative estimate of drug-likeness (QED) is 0.660. The minimum absolute atomic E-state index is 0.00544. The fraction of sp³-hybridized carbons (Fsp3) is 0.593. The number of ketones is 1. The molecule has 0 bridgehead atoms. The minimum Gasteiger partial charge on any atom is -0.372 e. The molecule has 0 aromatic heterocycles. The molecule has 4 rings (SSSR count). The lowest BCUT2D eigenvalue weighted by molar-refractivity contribution is -0.125. The van der Waals surface area contributed by atoms with E-state index in [0.717, 1.165) is 24.8 Å². The van der Waals surface area contributed by atoms with Crippen LogP contribution >= 0.6 is 0 Å². The predicted molar refractivity (Wildman–Crippen MR) is 124 cm³/mol. The Morgan fingerprint density at radius 3 is 2.33 bits per heavy atom. The van der Waals surface area contributed by atoms with Crippen LogP contribution in [0.25, 0.3) is 0 Å². The smallest absolute Gasteiger partial charge is 0.149 e. The summed E-state index contributed by atoms with van der Waals surface area (Å²) >= 11 is 0. The van der Waals surface area contributed by atoms with Crippen LogP contribution in [-0.4, -0.2) is 18.0 Å². The van der Waals surface area contributed by atoms with Gasteiger partial charge in [-0.05, 0) is 55.7 Å². The molecule has 4 unspecified atom stereocenters. The van der Waals surface area contributed by atoms with Crippen LogP contribution in [0.5, 0.6) is 0 Å². The van der Waals surface area contributed by atoms with Crippen molar-refractivity contribution in [2.24, 2.45) is 17.8 Å². The van der Waals surface area contributed by atoms with Gasteiger partial charge in [-0.2, -0.15) is 0 Å². The molecule has 0 spiro atoms. The molecule has 1 aromatic carbocycles. The van der Waals surface area contributed by atoms with Gasteiger partial charge in [-0.3, -0.25) is 10.1 Å². The number of carbonyl (C=O) groups excluding carboxylic acids is 1. The monoisotopic (exact) mass is 406 g/mol. The van der Waals surface area contributed by atoms with Gasteiger partial charge in [0.2, 0.25) is 0 Å². The molecule has 2 N–H and O–H groups in total. The van der Waals surface area contributed by atoms with Crippen molar-refractivity contribution in [3.05, 3.63) is 58.8 Å². The molecule has 0 amide bonds. The van der Waals surface area contributed by atoms with E-state index in [0.29, 0.717) is 17.7 Å². The van der Waals surface area contributed by atoms with Crippen LogP contribution in [0.4, 0.5) is 0 Å². The zero-order chi connectivity index (χ0) is 21.3. The molecule has 1 saturated carbocycles. The molecular formula is C27H38N2O. The Hall–Kier alpha value is -1.87. The van der Waals surface area contributed by atoms with Gasteiger partial charge in [0.05, 0.1) is 12.1 Å². The Labute approximate surface area is 182 Å². The van der Waals surface area contributed by atoms with Gasteiger partial charge in [0, 0.05) is 23.6 Å². The Morgan fingerprint density at radius 2 is 1.70 bits per heavy atom. The topological polar surface area (TPSA) is 41.1 Å². The summed E-state index contributed by atoms with van der Waals surface area (Å²) in [6, 6.07) is 9.51. The number of Topliss-reactive ketones (excluding diaryl/α,β-unsaturated/α-hetero) is 1. The molecule has 3 heteroatoms. The van der Waals surface area contributed by atoms with Crippen LogP contribution in [-0.2, 0) is 11.2 Å². The lowest BCUT2D eigenvalue weighted by Gasteiger charge is -2.32. The van der Waals surface area contributed by atoms with Crippen LogP contribution < -0.4 is 10.6 Å². The molecule has 1 heterocycles. The summed E-state index contributed by atoms with van der Waals surface area (Å²) in [5.41, 5.74) is 6.25. The molecule has 1 aromatic rings. The number of rotatable bonds is 6. The average Bonchev–Trinajstić information content (AvgIpc) is 3.09. The van der Waals surface area contributed by atoms with Gasteiger partial charge < -0.3 is 5.32 Å². The highest BCUT2D eigenvalue weighted by molar-refractivity contribution is 5.92. The molecule has 162 valence electrons. The summed E-state index contributed by atoms with van der Waals surface area (Å²) in [6.45, 7) is 10.9. The van der Waals surface area contributed by atoms with Gasteiger partial charge in [0.1, 0.15) is 5.78 Å². The van der Waals surface area contributed by atoms with Gasteiger partial charge in [-0.25, -0.2) is 0 Å². The highest BCUT2D eigenvalue weighted by Crippen LogP contribution is 2.45. The van der Waals surface area contributed by atoms with Crippen molar-refractivity contribution in [3.8, 4) is 0 Å². The first-order chi connectivity index (χ1) is 14.5. The standard InChI is InChI=1S/C27H38N2O/c1-5-21-18(4)24-23(16-19-14-12-17(3)13-15-19)27(28-20-10-8-7-9-11-20)29-25(24)22(6-2)26(21)30/h12-15,20-23,27-29H,4-11,16H2,1-3H3. The first-order valence-corrected chi connectivity index (χ1v) is 12.1. The van der Waals surface area contributed by atoms with E-state index in [1.807, 2.05) is 0 Å². The maximum atomic E-state index is 13.2. The van der Waals surface area contributed by atoms with Crippen molar-refractivity contribution in [1.82, 2.24) is 10.6 Å². The van der Waals surface area contributed by atoms with Crippen LogP contribution in [0.2, 0.25) is 0 Å². The van der Waals surface area contributed by atoms with Crippen LogP contribution in [0.3, 0.4) is 0 Å². The number of allylic oxidation sites excluding steroid dienone is 2. The van der Waals surface area contributed by atoms with Crippen LogP contribution in [0, 0.1) is 24.7 Å². The number of nitrogens with one attached hydrogen (secondary N) is 2. The van der Waals surface area contributed by atoms with E-state index >= 15 is 0 Å². The zero-order valence-electron chi connectivity index (χ0n) is 19.0.